The standard InChI is InChI=1S/C20H20O5/c1-12(20(21)22)7-13-8-15-11-17(25-19(15)18(9-13)24-3)14-5-4-6-16(10-14)23-2/h4-6,8-12H,7H2,1-3H3,(H,21,22). The fourth-order valence-corrected chi connectivity index (χ4v) is 2.81. The first-order chi connectivity index (χ1) is 12.0. The maximum atomic E-state index is 11.1. The third-order valence-corrected chi connectivity index (χ3v) is 4.18. The zero-order valence-corrected chi connectivity index (χ0v) is 14.4. The molecule has 1 heterocycles. The zero-order chi connectivity index (χ0) is 18.0. The highest BCUT2D eigenvalue weighted by Crippen LogP contribution is 2.36. The molecule has 0 aliphatic rings. The Morgan fingerprint density at radius 2 is 1.96 bits per heavy atom. The Balaban J connectivity index is 2.05. The number of carboxylic acids is 1. The molecule has 1 unspecified atom stereocenters. The number of aliphatic carboxylic acids is 1. The van der Waals surface area contributed by atoms with Crippen molar-refractivity contribution in [1.82, 2.24) is 0 Å². The first kappa shape index (κ1) is 16.9. The van der Waals surface area contributed by atoms with Gasteiger partial charge in [-0.25, -0.2) is 0 Å². The van der Waals surface area contributed by atoms with Crippen molar-refractivity contribution in [1.29, 1.82) is 0 Å². The van der Waals surface area contributed by atoms with Crippen molar-refractivity contribution in [3.63, 3.8) is 0 Å². The van der Waals surface area contributed by atoms with Crippen LogP contribution in [0.4, 0.5) is 0 Å². The molecule has 25 heavy (non-hydrogen) atoms. The molecular formula is C20H20O5. The van der Waals surface area contributed by atoms with Gasteiger partial charge in [0.05, 0.1) is 20.1 Å². The van der Waals surface area contributed by atoms with Crippen LogP contribution in [0.5, 0.6) is 11.5 Å². The molecule has 5 heteroatoms. The molecule has 0 saturated carbocycles. The number of hydrogen-bond donors (Lipinski definition) is 1. The van der Waals surface area contributed by atoms with Gasteiger partial charge in [0.1, 0.15) is 11.5 Å². The van der Waals surface area contributed by atoms with Crippen molar-refractivity contribution < 1.29 is 23.8 Å². The van der Waals surface area contributed by atoms with Crippen LogP contribution in [-0.4, -0.2) is 25.3 Å². The Labute approximate surface area is 145 Å². The van der Waals surface area contributed by atoms with Gasteiger partial charge in [0.25, 0.3) is 0 Å². The Hall–Kier alpha value is -2.95. The van der Waals surface area contributed by atoms with Crippen molar-refractivity contribution in [3.8, 4) is 22.8 Å². The molecule has 0 aliphatic heterocycles. The third-order valence-electron chi connectivity index (χ3n) is 4.18. The largest absolute Gasteiger partial charge is 0.497 e. The SMILES string of the molecule is COc1cccc(-c2cc3cc(CC(C)C(=O)O)cc(OC)c3o2)c1. The summed E-state index contributed by atoms with van der Waals surface area (Å²) in [5, 5.41) is 10.0. The smallest absolute Gasteiger partial charge is 0.306 e. The van der Waals surface area contributed by atoms with Gasteiger partial charge in [0, 0.05) is 10.9 Å². The second-order valence-corrected chi connectivity index (χ2v) is 6.00. The molecule has 1 aromatic heterocycles. The molecule has 2 aromatic carbocycles. The lowest BCUT2D eigenvalue weighted by Crippen LogP contribution is -2.12. The second kappa shape index (κ2) is 6.89. The number of ether oxygens (including phenoxy) is 2. The van der Waals surface area contributed by atoms with E-state index in [2.05, 4.69) is 0 Å². The van der Waals surface area contributed by atoms with Crippen LogP contribution in [0.25, 0.3) is 22.3 Å². The Kier molecular flexibility index (Phi) is 4.65. The maximum absolute atomic E-state index is 11.1. The Morgan fingerprint density at radius 3 is 2.64 bits per heavy atom. The van der Waals surface area contributed by atoms with E-state index in [9.17, 15) is 4.79 Å². The van der Waals surface area contributed by atoms with Gasteiger partial charge in [-0.3, -0.25) is 4.79 Å². The van der Waals surface area contributed by atoms with Crippen LogP contribution < -0.4 is 9.47 Å². The summed E-state index contributed by atoms with van der Waals surface area (Å²) in [4.78, 5) is 11.1. The van der Waals surface area contributed by atoms with E-state index in [-0.39, 0.29) is 0 Å². The molecule has 0 amide bonds. The van der Waals surface area contributed by atoms with Gasteiger partial charge >= 0.3 is 5.97 Å². The molecule has 1 atom stereocenters. The lowest BCUT2D eigenvalue weighted by atomic mass is 10.00. The predicted octanol–water partition coefficient (Wildman–Crippen LogP) is 4.38. The Bertz CT molecular complexity index is 910. The highest BCUT2D eigenvalue weighted by Gasteiger charge is 2.16. The molecule has 0 saturated heterocycles. The van der Waals surface area contributed by atoms with Crippen LogP contribution in [0.3, 0.4) is 0 Å². The van der Waals surface area contributed by atoms with Crippen molar-refractivity contribution in [2.24, 2.45) is 5.92 Å². The van der Waals surface area contributed by atoms with Crippen LogP contribution in [0.1, 0.15) is 12.5 Å². The third kappa shape index (κ3) is 3.45. The number of benzene rings is 2. The quantitative estimate of drug-likeness (QED) is 0.721. The number of carbonyl (C=O) groups is 1. The van der Waals surface area contributed by atoms with Crippen LogP contribution in [0.2, 0.25) is 0 Å². The average Bonchev–Trinajstić information content (AvgIpc) is 3.05. The van der Waals surface area contributed by atoms with E-state index in [1.165, 1.54) is 0 Å². The van der Waals surface area contributed by atoms with Crippen molar-refractivity contribution in [2.75, 3.05) is 14.2 Å². The molecule has 3 aromatic rings. The van der Waals surface area contributed by atoms with E-state index >= 15 is 0 Å². The number of hydrogen-bond acceptors (Lipinski definition) is 4. The van der Waals surface area contributed by atoms with Gasteiger partial charge in [-0.05, 0) is 42.3 Å². The number of fused-ring (bicyclic) bond motifs is 1. The highest BCUT2D eigenvalue weighted by molar-refractivity contribution is 5.88. The summed E-state index contributed by atoms with van der Waals surface area (Å²) in [6.45, 7) is 1.69. The number of carboxylic acid groups (broad SMARTS) is 1. The van der Waals surface area contributed by atoms with Crippen molar-refractivity contribution in [2.45, 2.75) is 13.3 Å². The predicted molar refractivity (Wildman–Crippen MR) is 95.3 cm³/mol. The molecule has 0 radical (unpaired) electrons. The summed E-state index contributed by atoms with van der Waals surface area (Å²) in [6, 6.07) is 13.3. The topological polar surface area (TPSA) is 68.9 Å². The summed E-state index contributed by atoms with van der Waals surface area (Å²) >= 11 is 0. The summed E-state index contributed by atoms with van der Waals surface area (Å²) in [7, 11) is 3.20. The van der Waals surface area contributed by atoms with Crippen LogP contribution >= 0.6 is 0 Å². The molecule has 130 valence electrons. The molecule has 0 bridgehead atoms. The summed E-state index contributed by atoms with van der Waals surface area (Å²) in [6.07, 6.45) is 0.432. The van der Waals surface area contributed by atoms with Gasteiger partial charge in [0.15, 0.2) is 11.3 Å². The highest BCUT2D eigenvalue weighted by atomic mass is 16.5. The lowest BCUT2D eigenvalue weighted by molar-refractivity contribution is -0.141. The minimum Gasteiger partial charge on any atom is -0.497 e. The molecule has 0 aliphatic carbocycles. The van der Waals surface area contributed by atoms with E-state index in [1.807, 2.05) is 42.5 Å². The normalized spacial score (nSPS) is 12.1. The van der Waals surface area contributed by atoms with Gasteiger partial charge in [-0.1, -0.05) is 19.1 Å². The molecule has 1 N–H and O–H groups in total. The fourth-order valence-electron chi connectivity index (χ4n) is 2.81. The van der Waals surface area contributed by atoms with E-state index < -0.39 is 11.9 Å². The van der Waals surface area contributed by atoms with E-state index in [0.717, 1.165) is 22.3 Å². The first-order valence-corrected chi connectivity index (χ1v) is 7.99. The Morgan fingerprint density at radius 1 is 1.16 bits per heavy atom. The number of furan rings is 1. The van der Waals surface area contributed by atoms with E-state index in [4.69, 9.17) is 19.0 Å². The zero-order valence-electron chi connectivity index (χ0n) is 14.4. The summed E-state index contributed by atoms with van der Waals surface area (Å²) in [5.41, 5.74) is 2.45. The van der Waals surface area contributed by atoms with Crippen LogP contribution in [0.15, 0.2) is 46.9 Å². The minimum atomic E-state index is -0.816. The number of methoxy groups -OCH3 is 2. The van der Waals surface area contributed by atoms with Gasteiger partial charge < -0.3 is 19.0 Å². The van der Waals surface area contributed by atoms with Crippen molar-refractivity contribution in [3.05, 3.63) is 48.0 Å². The molecule has 0 spiro atoms. The minimum absolute atomic E-state index is 0.432. The summed E-state index contributed by atoms with van der Waals surface area (Å²) < 4.78 is 16.7. The first-order valence-electron chi connectivity index (χ1n) is 7.99. The fraction of sp³-hybridized carbons (Fsp3) is 0.250. The molecule has 5 nitrogen and oxygen atoms in total. The second-order valence-electron chi connectivity index (χ2n) is 6.00. The van der Waals surface area contributed by atoms with E-state index in [1.54, 1.807) is 21.1 Å². The maximum Gasteiger partial charge on any atom is 0.306 e. The monoisotopic (exact) mass is 340 g/mol. The van der Waals surface area contributed by atoms with Crippen LogP contribution in [-0.2, 0) is 11.2 Å². The van der Waals surface area contributed by atoms with Gasteiger partial charge in [-0.2, -0.15) is 0 Å². The molecular weight excluding hydrogens is 320 g/mol. The van der Waals surface area contributed by atoms with Gasteiger partial charge in [0.2, 0.25) is 0 Å². The van der Waals surface area contributed by atoms with Gasteiger partial charge in [-0.15, -0.1) is 0 Å². The van der Waals surface area contributed by atoms with Crippen molar-refractivity contribution >= 4 is 16.9 Å². The summed E-state index contributed by atoms with van der Waals surface area (Å²) in [5.74, 6) is 0.769. The molecule has 3 rings (SSSR count). The number of rotatable bonds is 6. The lowest BCUT2D eigenvalue weighted by Gasteiger charge is -2.08. The van der Waals surface area contributed by atoms with E-state index in [0.29, 0.717) is 23.5 Å². The average molecular weight is 340 g/mol. The molecule has 0 fully saturated rings. The van der Waals surface area contributed by atoms with Crippen LogP contribution in [0, 0.1) is 5.92 Å².